The Morgan fingerprint density at radius 2 is 1.96 bits per heavy atom. The van der Waals surface area contributed by atoms with E-state index in [1.807, 2.05) is 59.2 Å². The van der Waals surface area contributed by atoms with E-state index in [-0.39, 0.29) is 12.4 Å². The molecule has 1 amide bonds. The first-order chi connectivity index (χ1) is 12.6. The van der Waals surface area contributed by atoms with Crippen molar-refractivity contribution in [3.05, 3.63) is 70.5 Å². The summed E-state index contributed by atoms with van der Waals surface area (Å²) in [5.41, 5.74) is 6.36. The van der Waals surface area contributed by atoms with Crippen molar-refractivity contribution in [3.8, 4) is 5.75 Å². The summed E-state index contributed by atoms with van der Waals surface area (Å²) in [6.45, 7) is 0.861. The molecule has 0 fully saturated rings. The Bertz CT molecular complexity index is 886. The molecule has 1 heterocycles. The Hall–Kier alpha value is -2.32. The summed E-state index contributed by atoms with van der Waals surface area (Å²) < 4.78 is 8.72. The predicted octanol–water partition coefficient (Wildman–Crippen LogP) is 3.25. The first kappa shape index (κ1) is 18.5. The second-order valence-corrected chi connectivity index (χ2v) is 7.33. The average Bonchev–Trinajstić information content (AvgIpc) is 3.01. The first-order valence-corrected chi connectivity index (χ1v) is 9.65. The minimum Gasteiger partial charge on any atom is -0.486 e. The van der Waals surface area contributed by atoms with Crippen LogP contribution in [0.5, 0.6) is 5.75 Å². The molecule has 0 unspecified atom stereocenters. The number of benzene rings is 2. The zero-order chi connectivity index (χ0) is 18.4. The number of thioether (sulfide) groups is 1. The summed E-state index contributed by atoms with van der Waals surface area (Å²) >= 11 is 4.70. The van der Waals surface area contributed by atoms with E-state index in [1.165, 1.54) is 11.8 Å². The number of nitrogens with zero attached hydrogens (tertiary/aromatic N) is 3. The molecule has 0 aliphatic rings. The van der Waals surface area contributed by atoms with Gasteiger partial charge in [-0.1, -0.05) is 64.1 Å². The normalized spacial score (nSPS) is 10.7. The molecule has 0 spiro atoms. The fourth-order valence-corrected chi connectivity index (χ4v) is 3.37. The maximum absolute atomic E-state index is 11.1. The van der Waals surface area contributed by atoms with Crippen LogP contribution >= 0.6 is 27.7 Å². The molecular weight excluding hydrogens is 416 g/mol. The Labute approximate surface area is 163 Å². The summed E-state index contributed by atoms with van der Waals surface area (Å²) in [5.74, 6) is 1.18. The van der Waals surface area contributed by atoms with Gasteiger partial charge < -0.3 is 10.5 Å². The fraction of sp³-hybridized carbons (Fsp3) is 0.167. The first-order valence-electron chi connectivity index (χ1n) is 7.87. The number of ether oxygens (including phenoxy) is 1. The number of hydrogen-bond acceptors (Lipinski definition) is 5. The van der Waals surface area contributed by atoms with Crippen molar-refractivity contribution in [1.82, 2.24) is 14.8 Å². The van der Waals surface area contributed by atoms with Gasteiger partial charge in [0.05, 0.1) is 12.3 Å². The van der Waals surface area contributed by atoms with E-state index in [0.29, 0.717) is 17.5 Å². The van der Waals surface area contributed by atoms with Crippen LogP contribution < -0.4 is 10.5 Å². The average molecular weight is 433 g/mol. The molecule has 0 aliphatic heterocycles. The molecule has 6 nitrogen and oxygen atoms in total. The Morgan fingerprint density at radius 3 is 2.69 bits per heavy atom. The standard InChI is InChI=1S/C18H17BrN4O2S/c19-14-7-4-8-15(9-14)25-11-17-21-22-18(26-12-16(20)24)23(17)10-13-5-2-1-3-6-13/h1-9H,10-12H2,(H2,20,24). The van der Waals surface area contributed by atoms with E-state index in [0.717, 1.165) is 15.8 Å². The maximum atomic E-state index is 11.1. The van der Waals surface area contributed by atoms with Crippen LogP contribution in [0, 0.1) is 0 Å². The van der Waals surface area contributed by atoms with E-state index >= 15 is 0 Å². The van der Waals surface area contributed by atoms with Gasteiger partial charge in [0.15, 0.2) is 11.0 Å². The van der Waals surface area contributed by atoms with Crippen LogP contribution in [-0.2, 0) is 17.9 Å². The van der Waals surface area contributed by atoms with Crippen molar-refractivity contribution in [2.45, 2.75) is 18.3 Å². The van der Waals surface area contributed by atoms with Crippen LogP contribution in [0.1, 0.15) is 11.4 Å². The molecule has 3 rings (SSSR count). The van der Waals surface area contributed by atoms with E-state index in [9.17, 15) is 4.79 Å². The number of carbonyl (C=O) groups excluding carboxylic acids is 1. The monoisotopic (exact) mass is 432 g/mol. The van der Waals surface area contributed by atoms with Crippen molar-refractivity contribution in [2.24, 2.45) is 5.73 Å². The van der Waals surface area contributed by atoms with Gasteiger partial charge in [0.2, 0.25) is 5.91 Å². The van der Waals surface area contributed by atoms with Crippen LogP contribution in [-0.4, -0.2) is 26.4 Å². The minimum atomic E-state index is -0.392. The van der Waals surface area contributed by atoms with Crippen molar-refractivity contribution in [2.75, 3.05) is 5.75 Å². The molecule has 0 radical (unpaired) electrons. The van der Waals surface area contributed by atoms with E-state index in [1.54, 1.807) is 0 Å². The lowest BCUT2D eigenvalue weighted by atomic mass is 10.2. The number of aromatic nitrogens is 3. The molecule has 0 bridgehead atoms. The Kier molecular flexibility index (Phi) is 6.30. The predicted molar refractivity (Wildman–Crippen MR) is 104 cm³/mol. The number of nitrogens with two attached hydrogens (primary N) is 1. The van der Waals surface area contributed by atoms with Gasteiger partial charge in [-0.05, 0) is 23.8 Å². The van der Waals surface area contributed by atoms with Gasteiger partial charge in [0.1, 0.15) is 12.4 Å². The van der Waals surface area contributed by atoms with Gasteiger partial charge >= 0.3 is 0 Å². The van der Waals surface area contributed by atoms with E-state index < -0.39 is 5.91 Å². The molecule has 8 heteroatoms. The summed E-state index contributed by atoms with van der Waals surface area (Å²) in [7, 11) is 0. The van der Waals surface area contributed by atoms with Crippen LogP contribution in [0.4, 0.5) is 0 Å². The summed E-state index contributed by atoms with van der Waals surface area (Å²) in [4.78, 5) is 11.1. The van der Waals surface area contributed by atoms with Gasteiger partial charge in [-0.15, -0.1) is 10.2 Å². The van der Waals surface area contributed by atoms with Crippen LogP contribution in [0.3, 0.4) is 0 Å². The second kappa shape index (κ2) is 8.86. The number of carbonyl (C=O) groups is 1. The van der Waals surface area contributed by atoms with E-state index in [2.05, 4.69) is 26.1 Å². The van der Waals surface area contributed by atoms with Crippen LogP contribution in [0.15, 0.2) is 64.2 Å². The van der Waals surface area contributed by atoms with Crippen molar-refractivity contribution in [3.63, 3.8) is 0 Å². The van der Waals surface area contributed by atoms with Crippen molar-refractivity contribution < 1.29 is 9.53 Å². The summed E-state index contributed by atoms with van der Waals surface area (Å²) in [5, 5.41) is 9.06. The zero-order valence-corrected chi connectivity index (χ0v) is 16.2. The number of rotatable bonds is 8. The lowest BCUT2D eigenvalue weighted by Gasteiger charge is -2.11. The molecule has 134 valence electrons. The number of primary amides is 1. The molecule has 26 heavy (non-hydrogen) atoms. The molecule has 3 aromatic rings. The Balaban J connectivity index is 1.80. The number of hydrogen-bond donors (Lipinski definition) is 1. The molecule has 1 aromatic heterocycles. The fourth-order valence-electron chi connectivity index (χ4n) is 2.30. The third-order valence-electron chi connectivity index (χ3n) is 3.48. The topological polar surface area (TPSA) is 83.0 Å². The third kappa shape index (κ3) is 5.09. The molecule has 0 saturated carbocycles. The third-order valence-corrected chi connectivity index (χ3v) is 4.97. The highest BCUT2D eigenvalue weighted by Gasteiger charge is 2.14. The van der Waals surface area contributed by atoms with Gasteiger partial charge in [0, 0.05) is 4.47 Å². The molecule has 0 aliphatic carbocycles. The Morgan fingerprint density at radius 1 is 1.15 bits per heavy atom. The van der Waals surface area contributed by atoms with Gasteiger partial charge in [-0.25, -0.2) is 0 Å². The zero-order valence-electron chi connectivity index (χ0n) is 13.8. The van der Waals surface area contributed by atoms with E-state index in [4.69, 9.17) is 10.5 Å². The van der Waals surface area contributed by atoms with Crippen LogP contribution in [0.25, 0.3) is 0 Å². The quantitative estimate of drug-likeness (QED) is 0.552. The highest BCUT2D eigenvalue weighted by atomic mass is 79.9. The van der Waals surface area contributed by atoms with Crippen molar-refractivity contribution in [1.29, 1.82) is 0 Å². The second-order valence-electron chi connectivity index (χ2n) is 5.47. The number of amides is 1. The largest absolute Gasteiger partial charge is 0.486 e. The molecular formula is C18H17BrN4O2S. The van der Waals surface area contributed by atoms with Crippen molar-refractivity contribution >= 4 is 33.6 Å². The minimum absolute atomic E-state index is 0.152. The highest BCUT2D eigenvalue weighted by Crippen LogP contribution is 2.21. The summed E-state index contributed by atoms with van der Waals surface area (Å²) in [6.07, 6.45) is 0. The van der Waals surface area contributed by atoms with Gasteiger partial charge in [0.25, 0.3) is 0 Å². The highest BCUT2D eigenvalue weighted by molar-refractivity contribution is 9.10. The molecule has 2 aromatic carbocycles. The SMILES string of the molecule is NC(=O)CSc1nnc(COc2cccc(Br)c2)n1Cc1ccccc1. The molecule has 0 atom stereocenters. The molecule has 0 saturated heterocycles. The van der Waals surface area contributed by atoms with Gasteiger partial charge in [-0.3, -0.25) is 9.36 Å². The molecule has 2 N–H and O–H groups in total. The number of halogens is 1. The maximum Gasteiger partial charge on any atom is 0.227 e. The smallest absolute Gasteiger partial charge is 0.227 e. The lowest BCUT2D eigenvalue weighted by Crippen LogP contribution is -2.14. The lowest BCUT2D eigenvalue weighted by molar-refractivity contribution is -0.115. The van der Waals surface area contributed by atoms with Crippen LogP contribution in [0.2, 0.25) is 0 Å². The summed E-state index contributed by atoms with van der Waals surface area (Å²) in [6, 6.07) is 17.6. The van der Waals surface area contributed by atoms with Gasteiger partial charge in [-0.2, -0.15) is 0 Å².